The number of methoxy groups -OCH3 is 1. The normalized spacial score (nSPS) is 12.8. The Labute approximate surface area is 102 Å². The van der Waals surface area contributed by atoms with E-state index in [4.69, 9.17) is 4.74 Å². The summed E-state index contributed by atoms with van der Waals surface area (Å²) >= 11 is 0. The highest BCUT2D eigenvalue weighted by molar-refractivity contribution is 5.75. The number of hydrogen-bond acceptors (Lipinski definition) is 4. The number of esters is 1. The van der Waals surface area contributed by atoms with Crippen LogP contribution in [-0.4, -0.2) is 28.9 Å². The van der Waals surface area contributed by atoms with E-state index in [1.54, 1.807) is 0 Å². The first kappa shape index (κ1) is 13.7. The minimum atomic E-state index is -0.260. The molecule has 17 heavy (non-hydrogen) atoms. The predicted molar refractivity (Wildman–Crippen MR) is 65.5 cm³/mol. The van der Waals surface area contributed by atoms with Crippen LogP contribution in [0.25, 0.3) is 0 Å². The van der Waals surface area contributed by atoms with Crippen LogP contribution in [0.4, 0.5) is 0 Å². The Morgan fingerprint density at radius 3 is 2.76 bits per heavy atom. The number of nitrogens with one attached hydrogen (secondary N) is 1. The van der Waals surface area contributed by atoms with Gasteiger partial charge >= 0.3 is 5.97 Å². The topological polar surface area (TPSA) is 56.2 Å². The van der Waals surface area contributed by atoms with Gasteiger partial charge in [-0.25, -0.2) is 0 Å². The van der Waals surface area contributed by atoms with E-state index in [0.717, 1.165) is 5.69 Å². The van der Waals surface area contributed by atoms with Crippen LogP contribution in [-0.2, 0) is 16.1 Å². The molecule has 0 saturated carbocycles. The highest BCUT2D eigenvalue weighted by Crippen LogP contribution is 2.04. The number of aromatic nitrogens is 2. The molecule has 0 radical (unpaired) electrons. The van der Waals surface area contributed by atoms with Gasteiger partial charge < -0.3 is 4.74 Å². The van der Waals surface area contributed by atoms with Crippen molar-refractivity contribution in [3.63, 3.8) is 0 Å². The summed E-state index contributed by atoms with van der Waals surface area (Å²) in [5, 5.41) is 7.54. The summed E-state index contributed by atoms with van der Waals surface area (Å²) < 4.78 is 6.61. The third-order valence-corrected chi connectivity index (χ3v) is 2.62. The van der Waals surface area contributed by atoms with E-state index < -0.39 is 0 Å². The van der Waals surface area contributed by atoms with Crippen LogP contribution in [0.5, 0.6) is 0 Å². The fourth-order valence-electron chi connectivity index (χ4n) is 1.52. The molecule has 0 aliphatic rings. The van der Waals surface area contributed by atoms with E-state index in [1.807, 2.05) is 23.9 Å². The van der Waals surface area contributed by atoms with Gasteiger partial charge in [0, 0.05) is 18.8 Å². The first-order valence-corrected chi connectivity index (χ1v) is 5.93. The third-order valence-electron chi connectivity index (χ3n) is 2.62. The molecular formula is C12H21N3O2. The Morgan fingerprint density at radius 1 is 1.59 bits per heavy atom. The number of carbonyl (C=O) groups excluding carboxylic acids is 1. The van der Waals surface area contributed by atoms with Gasteiger partial charge in [-0.1, -0.05) is 6.92 Å². The molecule has 0 aliphatic carbocycles. The van der Waals surface area contributed by atoms with Gasteiger partial charge in [0.25, 0.3) is 0 Å². The largest absolute Gasteiger partial charge is 0.468 e. The average molecular weight is 239 g/mol. The van der Waals surface area contributed by atoms with Crippen LogP contribution in [0, 0.1) is 0 Å². The summed E-state index contributed by atoms with van der Waals surface area (Å²) in [6.07, 6.45) is 2.65. The maximum absolute atomic E-state index is 11.4. The highest BCUT2D eigenvalue weighted by Gasteiger charge is 2.16. The molecule has 5 heteroatoms. The maximum Gasteiger partial charge on any atom is 0.322 e. The van der Waals surface area contributed by atoms with Crippen molar-refractivity contribution in [1.82, 2.24) is 15.1 Å². The Balaban J connectivity index is 2.51. The second-order valence-electron chi connectivity index (χ2n) is 4.25. The van der Waals surface area contributed by atoms with Crippen LogP contribution in [0.3, 0.4) is 0 Å². The minimum Gasteiger partial charge on any atom is -0.468 e. The zero-order valence-electron chi connectivity index (χ0n) is 10.9. The van der Waals surface area contributed by atoms with Gasteiger partial charge in [0.2, 0.25) is 0 Å². The zero-order chi connectivity index (χ0) is 12.8. The fraction of sp³-hybridized carbons (Fsp3) is 0.667. The van der Waals surface area contributed by atoms with Gasteiger partial charge in [-0.05, 0) is 26.3 Å². The molecule has 5 nitrogen and oxygen atoms in total. The predicted octanol–water partition coefficient (Wildman–Crippen LogP) is 1.51. The molecule has 0 bridgehead atoms. The molecule has 1 N–H and O–H groups in total. The number of rotatable bonds is 6. The molecule has 1 unspecified atom stereocenters. The molecule has 1 aromatic heterocycles. The molecule has 0 aliphatic heterocycles. The summed E-state index contributed by atoms with van der Waals surface area (Å²) in [5.41, 5.74) is 0.932. The SMILES string of the molecule is CCC(NCc1ccn(C(C)C)n1)C(=O)OC. The number of hydrogen-bond donors (Lipinski definition) is 1. The summed E-state index contributed by atoms with van der Waals surface area (Å²) in [6, 6.07) is 2.05. The van der Waals surface area contributed by atoms with Crippen molar-refractivity contribution in [3.8, 4) is 0 Å². The van der Waals surface area contributed by atoms with Crippen LogP contribution in [0.1, 0.15) is 38.9 Å². The van der Waals surface area contributed by atoms with Gasteiger partial charge in [0.15, 0.2) is 0 Å². The van der Waals surface area contributed by atoms with Crippen molar-refractivity contribution < 1.29 is 9.53 Å². The molecule has 1 heterocycles. The zero-order valence-corrected chi connectivity index (χ0v) is 10.9. The lowest BCUT2D eigenvalue weighted by atomic mass is 10.2. The molecule has 1 atom stereocenters. The van der Waals surface area contributed by atoms with Crippen LogP contribution >= 0.6 is 0 Å². The lowest BCUT2D eigenvalue weighted by molar-refractivity contribution is -0.143. The van der Waals surface area contributed by atoms with Gasteiger partial charge in [0.1, 0.15) is 6.04 Å². The molecule has 0 saturated heterocycles. The smallest absolute Gasteiger partial charge is 0.322 e. The maximum atomic E-state index is 11.4. The number of ether oxygens (including phenoxy) is 1. The minimum absolute atomic E-state index is 0.226. The Kier molecular flexibility index (Phi) is 5.15. The molecular weight excluding hydrogens is 218 g/mol. The van der Waals surface area contributed by atoms with Crippen LogP contribution in [0.2, 0.25) is 0 Å². The van der Waals surface area contributed by atoms with Crippen molar-refractivity contribution in [2.75, 3.05) is 7.11 Å². The molecule has 0 fully saturated rings. The average Bonchev–Trinajstić information content (AvgIpc) is 2.78. The van der Waals surface area contributed by atoms with Crippen molar-refractivity contribution in [3.05, 3.63) is 18.0 Å². The summed E-state index contributed by atoms with van der Waals surface area (Å²) in [7, 11) is 1.40. The first-order valence-electron chi connectivity index (χ1n) is 5.93. The Hall–Kier alpha value is -1.36. The van der Waals surface area contributed by atoms with Gasteiger partial charge in [-0.2, -0.15) is 5.10 Å². The lowest BCUT2D eigenvalue weighted by Crippen LogP contribution is -2.36. The second kappa shape index (κ2) is 6.39. The van der Waals surface area contributed by atoms with Crippen molar-refractivity contribution in [2.45, 2.75) is 45.8 Å². The van der Waals surface area contributed by atoms with Crippen LogP contribution < -0.4 is 5.32 Å². The summed E-state index contributed by atoms with van der Waals surface area (Å²) in [4.78, 5) is 11.4. The Bertz CT molecular complexity index is 360. The van der Waals surface area contributed by atoms with E-state index in [2.05, 4.69) is 24.3 Å². The Morgan fingerprint density at radius 2 is 2.29 bits per heavy atom. The molecule has 0 spiro atoms. The van der Waals surface area contributed by atoms with Crippen molar-refractivity contribution >= 4 is 5.97 Å². The number of nitrogens with zero attached hydrogens (tertiary/aromatic N) is 2. The molecule has 1 rings (SSSR count). The second-order valence-corrected chi connectivity index (χ2v) is 4.25. The van der Waals surface area contributed by atoms with E-state index in [1.165, 1.54) is 7.11 Å². The van der Waals surface area contributed by atoms with E-state index in [-0.39, 0.29) is 12.0 Å². The van der Waals surface area contributed by atoms with E-state index >= 15 is 0 Å². The lowest BCUT2D eigenvalue weighted by Gasteiger charge is -2.13. The molecule has 96 valence electrons. The molecule has 1 aromatic rings. The van der Waals surface area contributed by atoms with Crippen molar-refractivity contribution in [1.29, 1.82) is 0 Å². The molecule has 0 amide bonds. The quantitative estimate of drug-likeness (QED) is 0.764. The fourth-order valence-corrected chi connectivity index (χ4v) is 1.52. The van der Waals surface area contributed by atoms with Gasteiger partial charge in [-0.15, -0.1) is 0 Å². The standard InChI is InChI=1S/C12H21N3O2/c1-5-11(12(16)17-4)13-8-10-6-7-15(14-10)9(2)3/h6-7,9,11,13H,5,8H2,1-4H3. The summed E-state index contributed by atoms with van der Waals surface area (Å²) in [5.74, 6) is -0.226. The first-order chi connectivity index (χ1) is 8.08. The highest BCUT2D eigenvalue weighted by atomic mass is 16.5. The van der Waals surface area contributed by atoms with E-state index in [0.29, 0.717) is 19.0 Å². The van der Waals surface area contributed by atoms with Gasteiger partial charge in [0.05, 0.1) is 12.8 Å². The number of carbonyl (C=O) groups is 1. The third kappa shape index (κ3) is 3.85. The van der Waals surface area contributed by atoms with Crippen molar-refractivity contribution in [2.24, 2.45) is 0 Å². The van der Waals surface area contributed by atoms with Crippen LogP contribution in [0.15, 0.2) is 12.3 Å². The van der Waals surface area contributed by atoms with Gasteiger partial charge in [-0.3, -0.25) is 14.8 Å². The monoisotopic (exact) mass is 239 g/mol. The summed E-state index contributed by atoms with van der Waals surface area (Å²) in [6.45, 7) is 6.68. The molecule has 0 aromatic carbocycles. The van der Waals surface area contributed by atoms with E-state index in [9.17, 15) is 4.79 Å².